The van der Waals surface area contributed by atoms with Gasteiger partial charge in [-0.2, -0.15) is 0 Å². The molecule has 0 saturated carbocycles. The fourth-order valence-electron chi connectivity index (χ4n) is 1.59. The first kappa shape index (κ1) is 12.9. The van der Waals surface area contributed by atoms with Crippen LogP contribution in [0.2, 0.25) is 0 Å². The maximum atomic E-state index is 10.9. The van der Waals surface area contributed by atoms with Gasteiger partial charge in [0, 0.05) is 21.0 Å². The van der Waals surface area contributed by atoms with Crippen molar-refractivity contribution < 1.29 is 28.5 Å². The molecule has 0 N–H and O–H groups in total. The predicted octanol–water partition coefficient (Wildman–Crippen LogP) is -0.105. The largest absolute Gasteiger partial charge is 0.456 e. The molecule has 1 heterocycles. The summed E-state index contributed by atoms with van der Waals surface area (Å²) in [5.41, 5.74) is 0. The third-order valence-corrected chi connectivity index (χ3v) is 2.22. The second-order valence-electron chi connectivity index (χ2n) is 3.53. The summed E-state index contributed by atoms with van der Waals surface area (Å²) in [7, 11) is 1.49. The van der Waals surface area contributed by atoms with Crippen molar-refractivity contribution in [3.8, 4) is 0 Å². The van der Waals surface area contributed by atoms with Gasteiger partial charge in [0.25, 0.3) is 0 Å². The Morgan fingerprint density at radius 3 is 2.12 bits per heavy atom. The van der Waals surface area contributed by atoms with Crippen molar-refractivity contribution in [2.24, 2.45) is 0 Å². The zero-order valence-electron chi connectivity index (χ0n) is 9.60. The molecule has 6 nitrogen and oxygen atoms in total. The minimum Gasteiger partial charge on any atom is -0.456 e. The first-order valence-corrected chi connectivity index (χ1v) is 4.99. The third kappa shape index (κ3) is 3.46. The van der Waals surface area contributed by atoms with E-state index in [0.717, 1.165) is 0 Å². The molecule has 0 aromatic carbocycles. The van der Waals surface area contributed by atoms with E-state index in [-0.39, 0.29) is 6.61 Å². The Kier molecular flexibility index (Phi) is 4.70. The van der Waals surface area contributed by atoms with Gasteiger partial charge in [0.05, 0.1) is 13.2 Å². The van der Waals surface area contributed by atoms with Crippen LogP contribution in [0.1, 0.15) is 13.8 Å². The summed E-state index contributed by atoms with van der Waals surface area (Å²) < 4.78 is 20.4. The van der Waals surface area contributed by atoms with Crippen LogP contribution in [-0.4, -0.2) is 50.6 Å². The van der Waals surface area contributed by atoms with Crippen LogP contribution in [0.3, 0.4) is 0 Å². The molecule has 6 heteroatoms. The Morgan fingerprint density at radius 1 is 1.06 bits per heavy atom. The summed E-state index contributed by atoms with van der Waals surface area (Å²) in [6.45, 7) is 3.11. The average molecular weight is 232 g/mol. The van der Waals surface area contributed by atoms with Crippen LogP contribution < -0.4 is 0 Å². The quantitative estimate of drug-likeness (QED) is 0.632. The molecule has 0 aromatic heterocycles. The van der Waals surface area contributed by atoms with Crippen molar-refractivity contribution in [3.63, 3.8) is 0 Å². The molecule has 1 rings (SSSR count). The lowest BCUT2D eigenvalue weighted by atomic mass is 10.1. The van der Waals surface area contributed by atoms with Gasteiger partial charge < -0.3 is 18.9 Å². The van der Waals surface area contributed by atoms with Crippen molar-refractivity contribution in [2.75, 3.05) is 20.3 Å². The number of esters is 2. The summed E-state index contributed by atoms with van der Waals surface area (Å²) in [5, 5.41) is 0. The molecular weight excluding hydrogens is 216 g/mol. The molecular formula is C10H16O6. The zero-order valence-corrected chi connectivity index (χ0v) is 9.60. The van der Waals surface area contributed by atoms with Crippen LogP contribution in [-0.2, 0) is 28.5 Å². The number of hydrogen-bond acceptors (Lipinski definition) is 6. The summed E-state index contributed by atoms with van der Waals surface area (Å²) in [6.07, 6.45) is -1.64. The molecule has 1 fully saturated rings. The summed E-state index contributed by atoms with van der Waals surface area (Å²) in [6, 6.07) is 0. The zero-order chi connectivity index (χ0) is 12.1. The van der Waals surface area contributed by atoms with E-state index in [1.807, 2.05) is 0 Å². The molecule has 0 aliphatic carbocycles. The highest BCUT2D eigenvalue weighted by Gasteiger charge is 2.38. The Labute approximate surface area is 93.8 Å². The number of carbonyl (C=O) groups is 2. The van der Waals surface area contributed by atoms with E-state index in [1.54, 1.807) is 0 Å². The average Bonchev–Trinajstić information content (AvgIpc) is 2.19. The van der Waals surface area contributed by atoms with E-state index in [4.69, 9.17) is 18.9 Å². The van der Waals surface area contributed by atoms with Crippen molar-refractivity contribution in [2.45, 2.75) is 32.2 Å². The van der Waals surface area contributed by atoms with Gasteiger partial charge in [-0.3, -0.25) is 9.59 Å². The van der Waals surface area contributed by atoms with Gasteiger partial charge >= 0.3 is 11.9 Å². The topological polar surface area (TPSA) is 71.1 Å². The molecule has 92 valence electrons. The normalized spacial score (nSPS) is 29.6. The smallest absolute Gasteiger partial charge is 0.303 e. The van der Waals surface area contributed by atoms with E-state index in [2.05, 4.69) is 0 Å². The van der Waals surface area contributed by atoms with Crippen molar-refractivity contribution in [3.05, 3.63) is 0 Å². The monoisotopic (exact) mass is 232 g/mol. The molecule has 0 aromatic rings. The molecule has 3 atom stereocenters. The lowest BCUT2D eigenvalue weighted by Crippen LogP contribution is -2.52. The number of ether oxygens (including phenoxy) is 4. The molecule has 16 heavy (non-hydrogen) atoms. The van der Waals surface area contributed by atoms with Crippen molar-refractivity contribution in [1.82, 2.24) is 0 Å². The van der Waals surface area contributed by atoms with Gasteiger partial charge in [-0.1, -0.05) is 0 Å². The van der Waals surface area contributed by atoms with E-state index >= 15 is 0 Å². The SMILES string of the molecule is COC1COCC(OC(C)=O)C1OC(C)=O. The lowest BCUT2D eigenvalue weighted by Gasteiger charge is -2.35. The van der Waals surface area contributed by atoms with E-state index in [1.165, 1.54) is 21.0 Å². The summed E-state index contributed by atoms with van der Waals surface area (Å²) in [5.74, 6) is -0.881. The summed E-state index contributed by atoms with van der Waals surface area (Å²) in [4.78, 5) is 21.8. The Hall–Kier alpha value is -1.14. The summed E-state index contributed by atoms with van der Waals surface area (Å²) >= 11 is 0. The van der Waals surface area contributed by atoms with Crippen LogP contribution >= 0.6 is 0 Å². The molecule has 1 saturated heterocycles. The second-order valence-corrected chi connectivity index (χ2v) is 3.53. The van der Waals surface area contributed by atoms with Gasteiger partial charge in [0.15, 0.2) is 12.2 Å². The Balaban J connectivity index is 2.69. The minimum absolute atomic E-state index is 0.206. The maximum absolute atomic E-state index is 10.9. The molecule has 1 aliphatic heterocycles. The van der Waals surface area contributed by atoms with Gasteiger partial charge in [0.2, 0.25) is 0 Å². The van der Waals surface area contributed by atoms with Gasteiger partial charge in [-0.15, -0.1) is 0 Å². The number of methoxy groups -OCH3 is 1. The standard InChI is InChI=1S/C10H16O6/c1-6(11)15-9-5-14-4-8(13-3)10(9)16-7(2)12/h8-10H,4-5H2,1-3H3. The minimum atomic E-state index is -0.611. The number of carbonyl (C=O) groups excluding carboxylic acids is 2. The van der Waals surface area contributed by atoms with E-state index in [9.17, 15) is 9.59 Å². The first-order valence-electron chi connectivity index (χ1n) is 4.99. The number of hydrogen-bond donors (Lipinski definition) is 0. The maximum Gasteiger partial charge on any atom is 0.303 e. The van der Waals surface area contributed by atoms with Gasteiger partial charge in [-0.05, 0) is 0 Å². The lowest BCUT2D eigenvalue weighted by molar-refractivity contribution is -0.203. The fraction of sp³-hybridized carbons (Fsp3) is 0.800. The van der Waals surface area contributed by atoms with Crippen LogP contribution in [0.5, 0.6) is 0 Å². The van der Waals surface area contributed by atoms with Crippen LogP contribution in [0.4, 0.5) is 0 Å². The molecule has 1 aliphatic rings. The Bertz CT molecular complexity index is 264. The number of rotatable bonds is 3. The fourth-order valence-corrected chi connectivity index (χ4v) is 1.59. The molecule has 0 bridgehead atoms. The van der Waals surface area contributed by atoms with Crippen LogP contribution in [0, 0.1) is 0 Å². The van der Waals surface area contributed by atoms with Crippen molar-refractivity contribution in [1.29, 1.82) is 0 Å². The highest BCUT2D eigenvalue weighted by Crippen LogP contribution is 2.18. The van der Waals surface area contributed by atoms with Crippen LogP contribution in [0.25, 0.3) is 0 Å². The van der Waals surface area contributed by atoms with Gasteiger partial charge in [0.1, 0.15) is 6.10 Å². The first-order chi connectivity index (χ1) is 7.54. The second kappa shape index (κ2) is 5.81. The van der Waals surface area contributed by atoms with E-state index < -0.39 is 30.3 Å². The molecule has 0 radical (unpaired) electrons. The highest BCUT2D eigenvalue weighted by atomic mass is 16.6. The third-order valence-electron chi connectivity index (χ3n) is 2.22. The molecule has 0 amide bonds. The van der Waals surface area contributed by atoms with Crippen molar-refractivity contribution >= 4 is 11.9 Å². The molecule has 3 unspecified atom stereocenters. The van der Waals surface area contributed by atoms with E-state index in [0.29, 0.717) is 6.61 Å². The Morgan fingerprint density at radius 2 is 1.62 bits per heavy atom. The highest BCUT2D eigenvalue weighted by molar-refractivity contribution is 5.67. The van der Waals surface area contributed by atoms with Crippen LogP contribution in [0.15, 0.2) is 0 Å². The van der Waals surface area contributed by atoms with Gasteiger partial charge in [-0.25, -0.2) is 0 Å². The molecule has 0 spiro atoms. The predicted molar refractivity (Wildman–Crippen MR) is 52.7 cm³/mol.